The summed E-state index contributed by atoms with van der Waals surface area (Å²) in [5.41, 5.74) is 6.17. The Morgan fingerprint density at radius 2 is 1.87 bits per heavy atom. The standard InChI is InChI=1S/C20H17BrF2N4O4/c1-11-4-17(30-9-12-2-3-13(22)5-16(12)23)18(21)19(28)27(11)8-14-6-26-15(7-25-14)10-31-20(24)29/h2-7H,8-10H2,1H3,(H2,24,29). The lowest BCUT2D eigenvalue weighted by molar-refractivity contribution is 0.148. The number of benzene rings is 1. The van der Waals surface area contributed by atoms with Crippen LogP contribution in [0.3, 0.4) is 0 Å². The number of aromatic nitrogens is 3. The minimum absolute atomic E-state index is 0.103. The van der Waals surface area contributed by atoms with Gasteiger partial charge in [-0.15, -0.1) is 0 Å². The summed E-state index contributed by atoms with van der Waals surface area (Å²) in [6.07, 6.45) is 1.96. The average molecular weight is 495 g/mol. The fourth-order valence-corrected chi connectivity index (χ4v) is 3.10. The van der Waals surface area contributed by atoms with Crippen LogP contribution < -0.4 is 16.0 Å². The molecule has 0 spiro atoms. The molecule has 31 heavy (non-hydrogen) atoms. The molecular weight excluding hydrogens is 478 g/mol. The average Bonchev–Trinajstić information content (AvgIpc) is 2.73. The number of aryl methyl sites for hydroxylation is 1. The second kappa shape index (κ2) is 9.65. The summed E-state index contributed by atoms with van der Waals surface area (Å²) in [7, 11) is 0. The van der Waals surface area contributed by atoms with E-state index in [1.165, 1.54) is 23.0 Å². The zero-order valence-corrected chi connectivity index (χ0v) is 17.9. The quantitative estimate of drug-likeness (QED) is 0.539. The van der Waals surface area contributed by atoms with Crippen LogP contribution in [0.5, 0.6) is 5.75 Å². The molecule has 0 saturated heterocycles. The Bertz CT molecular complexity index is 1170. The van der Waals surface area contributed by atoms with Gasteiger partial charge in [-0.05, 0) is 35.0 Å². The lowest BCUT2D eigenvalue weighted by Gasteiger charge is -2.14. The highest BCUT2D eigenvalue weighted by atomic mass is 79.9. The Morgan fingerprint density at radius 3 is 2.52 bits per heavy atom. The molecule has 0 aliphatic rings. The Morgan fingerprint density at radius 1 is 1.16 bits per heavy atom. The van der Waals surface area contributed by atoms with Gasteiger partial charge < -0.3 is 19.8 Å². The number of primary amides is 1. The number of ether oxygens (including phenoxy) is 2. The first-order valence-electron chi connectivity index (χ1n) is 8.93. The molecule has 2 N–H and O–H groups in total. The van der Waals surface area contributed by atoms with Crippen LogP contribution in [0.15, 0.2) is 45.9 Å². The van der Waals surface area contributed by atoms with Crippen molar-refractivity contribution in [3.05, 3.63) is 85.8 Å². The van der Waals surface area contributed by atoms with Gasteiger partial charge in [0.05, 0.1) is 30.3 Å². The molecule has 3 rings (SSSR count). The van der Waals surface area contributed by atoms with Gasteiger partial charge in [-0.1, -0.05) is 0 Å². The third kappa shape index (κ3) is 5.63. The van der Waals surface area contributed by atoms with E-state index < -0.39 is 17.7 Å². The van der Waals surface area contributed by atoms with E-state index in [9.17, 15) is 18.4 Å². The second-order valence-electron chi connectivity index (χ2n) is 6.49. The molecule has 1 amide bonds. The van der Waals surface area contributed by atoms with Crippen LogP contribution in [-0.2, 0) is 24.5 Å². The Balaban J connectivity index is 1.75. The van der Waals surface area contributed by atoms with E-state index in [2.05, 4.69) is 30.6 Å². The van der Waals surface area contributed by atoms with Crippen molar-refractivity contribution in [2.45, 2.75) is 26.7 Å². The minimum Gasteiger partial charge on any atom is -0.487 e. The first-order valence-corrected chi connectivity index (χ1v) is 9.72. The van der Waals surface area contributed by atoms with E-state index in [1.807, 2.05) is 0 Å². The van der Waals surface area contributed by atoms with Crippen LogP contribution in [0.1, 0.15) is 22.6 Å². The zero-order chi connectivity index (χ0) is 22.5. The molecule has 0 bridgehead atoms. The van der Waals surface area contributed by atoms with Crippen molar-refractivity contribution in [3.8, 4) is 5.75 Å². The van der Waals surface area contributed by atoms with E-state index in [4.69, 9.17) is 10.5 Å². The predicted molar refractivity (Wildman–Crippen MR) is 109 cm³/mol. The fraction of sp³-hybridized carbons (Fsp3) is 0.200. The normalized spacial score (nSPS) is 10.7. The highest BCUT2D eigenvalue weighted by Gasteiger charge is 2.14. The molecule has 0 aliphatic heterocycles. The lowest BCUT2D eigenvalue weighted by atomic mass is 10.2. The maximum Gasteiger partial charge on any atom is 0.404 e. The number of rotatable bonds is 7. The molecule has 0 atom stereocenters. The fourth-order valence-electron chi connectivity index (χ4n) is 2.66. The summed E-state index contributed by atoms with van der Waals surface area (Å²) in [6, 6.07) is 4.80. The van der Waals surface area contributed by atoms with E-state index in [0.717, 1.165) is 12.1 Å². The molecule has 0 aliphatic carbocycles. The zero-order valence-electron chi connectivity index (χ0n) is 16.3. The molecule has 2 heterocycles. The van der Waals surface area contributed by atoms with Gasteiger partial charge in [-0.25, -0.2) is 13.6 Å². The van der Waals surface area contributed by atoms with Gasteiger partial charge in [0, 0.05) is 23.4 Å². The summed E-state index contributed by atoms with van der Waals surface area (Å²) in [6.45, 7) is 1.57. The molecule has 0 saturated carbocycles. The SMILES string of the molecule is Cc1cc(OCc2ccc(F)cc2F)c(Br)c(=O)n1Cc1cnc(COC(N)=O)cn1. The van der Waals surface area contributed by atoms with Crippen molar-refractivity contribution in [1.82, 2.24) is 14.5 Å². The number of hydrogen-bond acceptors (Lipinski definition) is 6. The highest BCUT2D eigenvalue weighted by Crippen LogP contribution is 2.24. The van der Waals surface area contributed by atoms with Crippen molar-refractivity contribution in [2.75, 3.05) is 0 Å². The molecule has 162 valence electrons. The Labute approximate surface area is 183 Å². The molecule has 11 heteroatoms. The largest absolute Gasteiger partial charge is 0.487 e. The summed E-state index contributed by atoms with van der Waals surface area (Å²) in [4.78, 5) is 31.7. The van der Waals surface area contributed by atoms with Crippen LogP contribution in [0.2, 0.25) is 0 Å². The molecule has 8 nitrogen and oxygen atoms in total. The Kier molecular flexibility index (Phi) is 6.95. The van der Waals surface area contributed by atoms with Crippen LogP contribution in [0.25, 0.3) is 0 Å². The highest BCUT2D eigenvalue weighted by molar-refractivity contribution is 9.10. The number of amides is 1. The van der Waals surface area contributed by atoms with Crippen molar-refractivity contribution < 1.29 is 23.0 Å². The number of nitrogens with zero attached hydrogens (tertiary/aromatic N) is 3. The molecule has 0 fully saturated rings. The molecule has 1 aromatic carbocycles. The van der Waals surface area contributed by atoms with Gasteiger partial charge in [0.25, 0.3) is 5.56 Å². The number of hydrogen-bond donors (Lipinski definition) is 1. The summed E-state index contributed by atoms with van der Waals surface area (Å²) < 4.78 is 38.6. The first kappa shape index (κ1) is 22.3. The molecule has 0 unspecified atom stereocenters. The number of carbonyl (C=O) groups excluding carboxylic acids is 1. The number of nitrogens with two attached hydrogens (primary N) is 1. The van der Waals surface area contributed by atoms with Gasteiger partial charge in [0.15, 0.2) is 0 Å². The molecule has 0 radical (unpaired) electrons. The monoisotopic (exact) mass is 494 g/mol. The number of carbonyl (C=O) groups is 1. The Hall–Kier alpha value is -3.34. The van der Waals surface area contributed by atoms with Crippen molar-refractivity contribution in [1.29, 1.82) is 0 Å². The molecular formula is C20H17BrF2N4O4. The van der Waals surface area contributed by atoms with Gasteiger partial charge in [0.2, 0.25) is 0 Å². The topological polar surface area (TPSA) is 109 Å². The van der Waals surface area contributed by atoms with Gasteiger partial charge in [0.1, 0.15) is 35.1 Å². The van der Waals surface area contributed by atoms with Gasteiger partial charge >= 0.3 is 6.09 Å². The van der Waals surface area contributed by atoms with E-state index in [-0.39, 0.29) is 41.1 Å². The number of pyridine rings is 1. The summed E-state index contributed by atoms with van der Waals surface area (Å²) in [5, 5.41) is 0. The van der Waals surface area contributed by atoms with Gasteiger partial charge in [-0.3, -0.25) is 14.8 Å². The minimum atomic E-state index is -0.914. The predicted octanol–water partition coefficient (Wildman–Crippen LogP) is 3.21. The lowest BCUT2D eigenvalue weighted by Crippen LogP contribution is -2.24. The number of halogens is 3. The third-order valence-electron chi connectivity index (χ3n) is 4.25. The first-order chi connectivity index (χ1) is 14.7. The second-order valence-corrected chi connectivity index (χ2v) is 7.28. The maximum atomic E-state index is 13.8. The van der Waals surface area contributed by atoms with Crippen LogP contribution in [0.4, 0.5) is 13.6 Å². The van der Waals surface area contributed by atoms with Gasteiger partial charge in [-0.2, -0.15) is 0 Å². The van der Waals surface area contributed by atoms with E-state index in [0.29, 0.717) is 17.1 Å². The van der Waals surface area contributed by atoms with Crippen LogP contribution in [-0.4, -0.2) is 20.6 Å². The maximum absolute atomic E-state index is 13.8. The smallest absolute Gasteiger partial charge is 0.404 e. The van der Waals surface area contributed by atoms with Crippen molar-refractivity contribution in [2.24, 2.45) is 5.73 Å². The molecule has 2 aromatic heterocycles. The summed E-state index contributed by atoms with van der Waals surface area (Å²) in [5.74, 6) is -1.19. The third-order valence-corrected chi connectivity index (χ3v) is 4.98. The van der Waals surface area contributed by atoms with E-state index >= 15 is 0 Å². The van der Waals surface area contributed by atoms with E-state index in [1.54, 1.807) is 13.0 Å². The van der Waals surface area contributed by atoms with Crippen LogP contribution >= 0.6 is 15.9 Å². The van der Waals surface area contributed by atoms with Crippen molar-refractivity contribution >= 4 is 22.0 Å². The van der Waals surface area contributed by atoms with Crippen molar-refractivity contribution in [3.63, 3.8) is 0 Å². The summed E-state index contributed by atoms with van der Waals surface area (Å²) >= 11 is 3.22. The van der Waals surface area contributed by atoms with Crippen LogP contribution in [0, 0.1) is 18.6 Å². The molecule has 3 aromatic rings.